The minimum Gasteiger partial charge on any atom is -0.378 e. The van der Waals surface area contributed by atoms with Crippen LogP contribution in [-0.2, 0) is 21.4 Å². The molecule has 178 valence electrons. The SMILES string of the molecule is CN(C)c1ccc(C=NNC(=O)CN(Cc2ccccc2F)S(=O)(=O)c2ccc(Cl)cc2)cc1. The topological polar surface area (TPSA) is 82.1 Å². The van der Waals surface area contributed by atoms with E-state index in [2.05, 4.69) is 10.5 Å². The van der Waals surface area contributed by atoms with E-state index in [-0.39, 0.29) is 17.0 Å². The monoisotopic (exact) mass is 502 g/mol. The predicted molar refractivity (Wildman–Crippen MR) is 132 cm³/mol. The Morgan fingerprint density at radius 1 is 1.03 bits per heavy atom. The fourth-order valence-electron chi connectivity index (χ4n) is 3.03. The molecule has 0 aliphatic rings. The van der Waals surface area contributed by atoms with E-state index in [0.717, 1.165) is 15.6 Å². The molecule has 3 aromatic carbocycles. The lowest BCUT2D eigenvalue weighted by molar-refractivity contribution is -0.121. The molecule has 0 atom stereocenters. The molecule has 0 heterocycles. The van der Waals surface area contributed by atoms with Crippen LogP contribution in [0.2, 0.25) is 5.02 Å². The van der Waals surface area contributed by atoms with Crippen molar-refractivity contribution >= 4 is 39.4 Å². The van der Waals surface area contributed by atoms with Crippen LogP contribution in [0.25, 0.3) is 0 Å². The zero-order valence-corrected chi connectivity index (χ0v) is 20.2. The number of benzene rings is 3. The summed E-state index contributed by atoms with van der Waals surface area (Å²) in [6, 6.07) is 18.8. The van der Waals surface area contributed by atoms with Gasteiger partial charge in [-0.2, -0.15) is 9.41 Å². The lowest BCUT2D eigenvalue weighted by atomic mass is 10.2. The Hall–Kier alpha value is -3.27. The molecule has 1 amide bonds. The molecule has 0 unspecified atom stereocenters. The van der Waals surface area contributed by atoms with Gasteiger partial charge in [-0.1, -0.05) is 41.9 Å². The largest absolute Gasteiger partial charge is 0.378 e. The van der Waals surface area contributed by atoms with Gasteiger partial charge in [0.15, 0.2) is 0 Å². The number of rotatable bonds is 9. The summed E-state index contributed by atoms with van der Waals surface area (Å²) in [6.45, 7) is -0.892. The van der Waals surface area contributed by atoms with Crippen molar-refractivity contribution in [2.45, 2.75) is 11.4 Å². The smallest absolute Gasteiger partial charge is 0.255 e. The molecule has 3 aromatic rings. The van der Waals surface area contributed by atoms with Crippen molar-refractivity contribution in [1.82, 2.24) is 9.73 Å². The molecule has 0 aliphatic carbocycles. The van der Waals surface area contributed by atoms with Gasteiger partial charge in [0.1, 0.15) is 5.82 Å². The number of halogens is 2. The predicted octanol–water partition coefficient (Wildman–Crippen LogP) is 3.89. The van der Waals surface area contributed by atoms with Gasteiger partial charge in [-0.25, -0.2) is 18.2 Å². The standard InChI is InChI=1S/C24H24ClFN4O3S/c1-29(2)21-11-7-18(8-12-21)15-27-28-24(31)17-30(16-19-5-3-4-6-23(19)26)34(32,33)22-13-9-20(25)10-14-22/h3-15H,16-17H2,1-2H3,(H,28,31). The van der Waals surface area contributed by atoms with Crippen LogP contribution in [-0.4, -0.2) is 45.5 Å². The molecule has 0 radical (unpaired) electrons. The minimum atomic E-state index is -4.13. The van der Waals surface area contributed by atoms with Crippen molar-refractivity contribution < 1.29 is 17.6 Å². The second kappa shape index (κ2) is 11.2. The van der Waals surface area contributed by atoms with E-state index in [9.17, 15) is 17.6 Å². The average Bonchev–Trinajstić information content (AvgIpc) is 2.80. The van der Waals surface area contributed by atoms with Gasteiger partial charge in [0.2, 0.25) is 10.0 Å². The quantitative estimate of drug-likeness (QED) is 0.355. The third kappa shape index (κ3) is 6.63. The molecular weight excluding hydrogens is 479 g/mol. The van der Waals surface area contributed by atoms with E-state index in [0.29, 0.717) is 5.02 Å². The Kier molecular flexibility index (Phi) is 8.38. The van der Waals surface area contributed by atoms with Gasteiger partial charge in [0, 0.05) is 36.9 Å². The van der Waals surface area contributed by atoms with Crippen LogP contribution in [0.3, 0.4) is 0 Å². The maximum absolute atomic E-state index is 14.2. The van der Waals surface area contributed by atoms with Gasteiger partial charge in [0.25, 0.3) is 5.91 Å². The van der Waals surface area contributed by atoms with Crippen LogP contribution in [0.15, 0.2) is 82.8 Å². The number of hydrogen-bond acceptors (Lipinski definition) is 5. The zero-order valence-electron chi connectivity index (χ0n) is 18.7. The summed E-state index contributed by atoms with van der Waals surface area (Å²) in [5.74, 6) is -1.24. The second-order valence-electron chi connectivity index (χ2n) is 7.60. The molecule has 0 bridgehead atoms. The molecule has 7 nitrogen and oxygen atoms in total. The maximum atomic E-state index is 14.2. The first-order valence-electron chi connectivity index (χ1n) is 10.3. The minimum absolute atomic E-state index is 0.0643. The van der Waals surface area contributed by atoms with Crippen LogP contribution >= 0.6 is 11.6 Å². The van der Waals surface area contributed by atoms with E-state index < -0.39 is 28.3 Å². The summed E-state index contributed by atoms with van der Waals surface area (Å²) in [6.07, 6.45) is 1.45. The second-order valence-corrected chi connectivity index (χ2v) is 9.97. The molecule has 0 aliphatic heterocycles. The molecule has 1 N–H and O–H groups in total. The number of carbonyl (C=O) groups is 1. The van der Waals surface area contributed by atoms with E-state index >= 15 is 0 Å². The number of carbonyl (C=O) groups excluding carboxylic acids is 1. The van der Waals surface area contributed by atoms with Crippen LogP contribution in [0.4, 0.5) is 10.1 Å². The van der Waals surface area contributed by atoms with Gasteiger partial charge < -0.3 is 4.90 Å². The highest BCUT2D eigenvalue weighted by atomic mass is 35.5. The third-order valence-electron chi connectivity index (χ3n) is 4.89. The Morgan fingerprint density at radius 2 is 1.68 bits per heavy atom. The highest BCUT2D eigenvalue weighted by Gasteiger charge is 2.27. The molecule has 34 heavy (non-hydrogen) atoms. The Bertz CT molecular complexity index is 1260. The Balaban J connectivity index is 1.77. The summed E-state index contributed by atoms with van der Waals surface area (Å²) in [7, 11) is -0.277. The zero-order chi connectivity index (χ0) is 24.7. The van der Waals surface area contributed by atoms with Crippen molar-refractivity contribution in [3.8, 4) is 0 Å². The first-order valence-corrected chi connectivity index (χ1v) is 12.1. The van der Waals surface area contributed by atoms with Crippen molar-refractivity contribution in [2.24, 2.45) is 5.10 Å². The number of nitrogens with one attached hydrogen (secondary N) is 1. The number of hydrazone groups is 1. The highest BCUT2D eigenvalue weighted by molar-refractivity contribution is 7.89. The normalized spacial score (nSPS) is 11.7. The molecule has 0 fully saturated rings. The van der Waals surface area contributed by atoms with E-state index in [4.69, 9.17) is 11.6 Å². The number of hydrogen-bond donors (Lipinski definition) is 1. The fraction of sp³-hybridized carbons (Fsp3) is 0.167. The van der Waals surface area contributed by atoms with Gasteiger partial charge in [-0.05, 0) is 48.0 Å². The summed E-state index contributed by atoms with van der Waals surface area (Å²) < 4.78 is 41.6. The lowest BCUT2D eigenvalue weighted by Gasteiger charge is -2.21. The summed E-state index contributed by atoms with van der Waals surface area (Å²) in [5, 5.41) is 4.27. The van der Waals surface area contributed by atoms with Crippen molar-refractivity contribution in [2.75, 3.05) is 25.5 Å². The first kappa shape index (κ1) is 25.4. The van der Waals surface area contributed by atoms with Gasteiger partial charge in [-0.3, -0.25) is 4.79 Å². The average molecular weight is 503 g/mol. The van der Waals surface area contributed by atoms with Crippen LogP contribution in [0.1, 0.15) is 11.1 Å². The van der Waals surface area contributed by atoms with Gasteiger partial charge >= 0.3 is 0 Å². The fourth-order valence-corrected chi connectivity index (χ4v) is 4.53. The van der Waals surface area contributed by atoms with Gasteiger partial charge in [0.05, 0.1) is 17.7 Å². The number of amides is 1. The molecule has 0 saturated heterocycles. The van der Waals surface area contributed by atoms with Crippen LogP contribution in [0.5, 0.6) is 0 Å². The molecular formula is C24H24ClFN4O3S. The first-order chi connectivity index (χ1) is 16.2. The van der Waals surface area contributed by atoms with Crippen molar-refractivity contribution in [3.05, 3.63) is 94.8 Å². The molecule has 0 aromatic heterocycles. The summed E-state index contributed by atoms with van der Waals surface area (Å²) in [4.78, 5) is 14.4. The maximum Gasteiger partial charge on any atom is 0.255 e. The molecule has 3 rings (SSSR count). The van der Waals surface area contributed by atoms with Crippen LogP contribution in [0, 0.1) is 5.82 Å². The Morgan fingerprint density at radius 3 is 2.29 bits per heavy atom. The third-order valence-corrected chi connectivity index (χ3v) is 6.95. The molecule has 0 spiro atoms. The van der Waals surface area contributed by atoms with E-state index in [1.807, 2.05) is 43.3 Å². The molecule has 0 saturated carbocycles. The Labute approximate surface area is 203 Å². The van der Waals surface area contributed by atoms with Crippen molar-refractivity contribution in [3.63, 3.8) is 0 Å². The van der Waals surface area contributed by atoms with E-state index in [1.54, 1.807) is 6.07 Å². The van der Waals surface area contributed by atoms with Crippen LogP contribution < -0.4 is 10.3 Å². The van der Waals surface area contributed by atoms with E-state index in [1.165, 1.54) is 48.7 Å². The number of nitrogens with zero attached hydrogens (tertiary/aromatic N) is 3. The van der Waals surface area contributed by atoms with Crippen molar-refractivity contribution in [1.29, 1.82) is 0 Å². The summed E-state index contributed by atoms with van der Waals surface area (Å²) >= 11 is 5.87. The highest BCUT2D eigenvalue weighted by Crippen LogP contribution is 2.21. The van der Waals surface area contributed by atoms with Gasteiger partial charge in [-0.15, -0.1) is 0 Å². The number of sulfonamides is 1. The lowest BCUT2D eigenvalue weighted by Crippen LogP contribution is -2.39. The molecule has 10 heteroatoms. The number of anilines is 1. The summed E-state index contributed by atoms with van der Waals surface area (Å²) in [5.41, 5.74) is 4.23.